The van der Waals surface area contributed by atoms with Crippen LogP contribution in [0, 0.1) is 10.1 Å². The minimum Gasteiger partial charge on any atom is -0.422 e. The summed E-state index contributed by atoms with van der Waals surface area (Å²) in [4.78, 5) is 35.0. The third-order valence-corrected chi connectivity index (χ3v) is 4.41. The van der Waals surface area contributed by atoms with Crippen molar-refractivity contribution in [2.45, 2.75) is 0 Å². The van der Waals surface area contributed by atoms with Crippen LogP contribution in [0.15, 0.2) is 88.1 Å². The zero-order chi connectivity index (χ0) is 20.4. The number of benzene rings is 3. The van der Waals surface area contributed by atoms with E-state index in [1.54, 1.807) is 42.5 Å². The molecule has 0 unspecified atom stereocenters. The molecule has 0 aliphatic carbocycles. The number of hydrogen-bond acceptors (Lipinski definition) is 5. The highest BCUT2D eigenvalue weighted by Crippen LogP contribution is 2.24. The summed E-state index contributed by atoms with van der Waals surface area (Å²) in [5.41, 5.74) is 1.70. The largest absolute Gasteiger partial charge is 0.422 e. The van der Waals surface area contributed by atoms with Gasteiger partial charge < -0.3 is 9.73 Å². The van der Waals surface area contributed by atoms with Gasteiger partial charge in [-0.25, -0.2) is 4.79 Å². The molecule has 1 heterocycles. The van der Waals surface area contributed by atoms with E-state index in [2.05, 4.69) is 5.32 Å². The van der Waals surface area contributed by atoms with Gasteiger partial charge in [-0.05, 0) is 42.0 Å². The van der Waals surface area contributed by atoms with Gasteiger partial charge in [-0.2, -0.15) is 0 Å². The summed E-state index contributed by atoms with van der Waals surface area (Å²) >= 11 is 0. The number of carbonyl (C=O) groups excluding carboxylic acids is 1. The summed E-state index contributed by atoms with van der Waals surface area (Å²) in [6, 6.07) is 21.1. The quantitative estimate of drug-likeness (QED) is 0.313. The van der Waals surface area contributed by atoms with Crippen LogP contribution in [0.25, 0.3) is 22.1 Å². The fourth-order valence-corrected chi connectivity index (χ4v) is 2.97. The van der Waals surface area contributed by atoms with E-state index in [4.69, 9.17) is 4.42 Å². The molecule has 29 heavy (non-hydrogen) atoms. The molecule has 7 nitrogen and oxygen atoms in total. The molecule has 1 aromatic heterocycles. The zero-order valence-electron chi connectivity index (χ0n) is 15.0. The summed E-state index contributed by atoms with van der Waals surface area (Å²) in [5.74, 6) is -0.414. The standard InChI is InChI=1S/C22H14N2O5/c25-21(14-8-10-18(11-9-14)24(27)28)23-17-6-3-5-15(12-17)19-13-16-4-1-2-7-20(16)29-22(19)26/h1-13H,(H,23,25). The first-order chi connectivity index (χ1) is 14.0. The van der Waals surface area contributed by atoms with Crippen LogP contribution in [0.2, 0.25) is 0 Å². The molecule has 0 aliphatic rings. The number of carbonyl (C=O) groups is 1. The normalized spacial score (nSPS) is 10.6. The predicted octanol–water partition coefficient (Wildman–Crippen LogP) is 4.62. The highest BCUT2D eigenvalue weighted by atomic mass is 16.6. The maximum atomic E-state index is 12.4. The number of hydrogen-bond donors (Lipinski definition) is 1. The van der Waals surface area contributed by atoms with Crippen molar-refractivity contribution in [3.05, 3.63) is 105 Å². The van der Waals surface area contributed by atoms with Crippen molar-refractivity contribution in [3.8, 4) is 11.1 Å². The van der Waals surface area contributed by atoms with E-state index >= 15 is 0 Å². The number of fused-ring (bicyclic) bond motifs is 1. The van der Waals surface area contributed by atoms with Gasteiger partial charge in [0.2, 0.25) is 0 Å². The van der Waals surface area contributed by atoms with E-state index in [0.717, 1.165) is 5.39 Å². The van der Waals surface area contributed by atoms with Crippen LogP contribution in [-0.4, -0.2) is 10.8 Å². The first-order valence-corrected chi connectivity index (χ1v) is 8.70. The average Bonchev–Trinajstić information content (AvgIpc) is 2.73. The number of nitrogens with zero attached hydrogens (tertiary/aromatic N) is 1. The van der Waals surface area contributed by atoms with E-state index in [0.29, 0.717) is 22.4 Å². The Labute approximate surface area is 164 Å². The monoisotopic (exact) mass is 386 g/mol. The Morgan fingerprint density at radius 3 is 2.45 bits per heavy atom. The molecule has 4 aromatic rings. The van der Waals surface area contributed by atoms with Crippen molar-refractivity contribution in [3.63, 3.8) is 0 Å². The smallest absolute Gasteiger partial charge is 0.344 e. The molecule has 0 fully saturated rings. The summed E-state index contributed by atoms with van der Waals surface area (Å²) in [6.07, 6.45) is 0. The lowest BCUT2D eigenvalue weighted by atomic mass is 10.1. The summed E-state index contributed by atoms with van der Waals surface area (Å²) in [7, 11) is 0. The lowest BCUT2D eigenvalue weighted by molar-refractivity contribution is -0.384. The lowest BCUT2D eigenvalue weighted by Gasteiger charge is -2.08. The molecule has 0 atom stereocenters. The maximum Gasteiger partial charge on any atom is 0.344 e. The first-order valence-electron chi connectivity index (χ1n) is 8.70. The molecular weight excluding hydrogens is 372 g/mol. The van der Waals surface area contributed by atoms with Crippen molar-refractivity contribution in [1.82, 2.24) is 0 Å². The van der Waals surface area contributed by atoms with Gasteiger partial charge in [-0.15, -0.1) is 0 Å². The number of non-ortho nitro benzene ring substituents is 1. The van der Waals surface area contributed by atoms with Crippen LogP contribution < -0.4 is 10.9 Å². The Hall–Kier alpha value is -4.26. The van der Waals surface area contributed by atoms with E-state index in [-0.39, 0.29) is 11.3 Å². The highest BCUT2D eigenvalue weighted by molar-refractivity contribution is 6.04. The second-order valence-electron chi connectivity index (χ2n) is 6.32. The Kier molecular flexibility index (Phi) is 4.62. The Morgan fingerprint density at radius 1 is 0.931 bits per heavy atom. The van der Waals surface area contributed by atoms with Crippen molar-refractivity contribution in [2.75, 3.05) is 5.32 Å². The molecule has 142 valence electrons. The van der Waals surface area contributed by atoms with Crippen molar-refractivity contribution < 1.29 is 14.1 Å². The SMILES string of the molecule is O=C(Nc1cccc(-c2cc3ccccc3oc2=O)c1)c1ccc([N+](=O)[O-])cc1. The van der Waals surface area contributed by atoms with Crippen LogP contribution in [-0.2, 0) is 0 Å². The van der Waals surface area contributed by atoms with Crippen molar-refractivity contribution >= 4 is 28.3 Å². The minimum absolute atomic E-state index is 0.0911. The maximum absolute atomic E-state index is 12.4. The molecule has 7 heteroatoms. The molecule has 1 amide bonds. The molecule has 4 rings (SSSR count). The average molecular weight is 386 g/mol. The first kappa shape index (κ1) is 18.1. The van der Waals surface area contributed by atoms with E-state index in [1.165, 1.54) is 24.3 Å². The van der Waals surface area contributed by atoms with Gasteiger partial charge in [-0.3, -0.25) is 14.9 Å². The van der Waals surface area contributed by atoms with Gasteiger partial charge >= 0.3 is 5.63 Å². The molecule has 0 saturated heterocycles. The molecule has 0 radical (unpaired) electrons. The second kappa shape index (κ2) is 7.40. The van der Waals surface area contributed by atoms with Crippen LogP contribution in [0.5, 0.6) is 0 Å². The molecular formula is C22H14N2O5. The van der Waals surface area contributed by atoms with Crippen molar-refractivity contribution in [2.24, 2.45) is 0 Å². The van der Waals surface area contributed by atoms with Crippen LogP contribution in [0.1, 0.15) is 10.4 Å². The number of nitro benzene ring substituents is 1. The Bertz CT molecular complexity index is 1290. The molecule has 0 saturated carbocycles. The topological polar surface area (TPSA) is 102 Å². The molecule has 0 spiro atoms. The number of anilines is 1. The Balaban J connectivity index is 1.62. The van der Waals surface area contributed by atoms with Gasteiger partial charge in [0.25, 0.3) is 11.6 Å². The van der Waals surface area contributed by atoms with E-state index in [1.807, 2.05) is 12.1 Å². The molecule has 0 aliphatic heterocycles. The molecule has 0 bridgehead atoms. The molecule has 3 aromatic carbocycles. The third-order valence-electron chi connectivity index (χ3n) is 4.41. The number of amides is 1. The predicted molar refractivity (Wildman–Crippen MR) is 109 cm³/mol. The number of para-hydroxylation sites is 1. The van der Waals surface area contributed by atoms with Crippen LogP contribution in [0.4, 0.5) is 11.4 Å². The van der Waals surface area contributed by atoms with Gasteiger partial charge in [0.15, 0.2) is 0 Å². The zero-order valence-corrected chi connectivity index (χ0v) is 15.0. The van der Waals surface area contributed by atoms with Crippen LogP contribution in [0.3, 0.4) is 0 Å². The Morgan fingerprint density at radius 2 is 1.69 bits per heavy atom. The minimum atomic E-state index is -0.527. The van der Waals surface area contributed by atoms with Gasteiger partial charge in [0.05, 0.1) is 10.5 Å². The number of nitrogens with one attached hydrogen (secondary N) is 1. The lowest BCUT2D eigenvalue weighted by Crippen LogP contribution is -2.12. The summed E-state index contributed by atoms with van der Waals surface area (Å²) in [6.45, 7) is 0. The van der Waals surface area contributed by atoms with Crippen molar-refractivity contribution in [1.29, 1.82) is 0 Å². The van der Waals surface area contributed by atoms with Gasteiger partial charge in [-0.1, -0.05) is 30.3 Å². The number of rotatable bonds is 4. The van der Waals surface area contributed by atoms with Gasteiger partial charge in [0, 0.05) is 28.8 Å². The van der Waals surface area contributed by atoms with Gasteiger partial charge in [0.1, 0.15) is 5.58 Å². The van der Waals surface area contributed by atoms with E-state index < -0.39 is 16.5 Å². The highest BCUT2D eigenvalue weighted by Gasteiger charge is 2.12. The third kappa shape index (κ3) is 3.74. The number of nitro groups is 1. The second-order valence-corrected chi connectivity index (χ2v) is 6.32. The van der Waals surface area contributed by atoms with E-state index in [9.17, 15) is 19.7 Å². The van der Waals surface area contributed by atoms with Crippen LogP contribution >= 0.6 is 0 Å². The fraction of sp³-hybridized carbons (Fsp3) is 0. The summed E-state index contributed by atoms with van der Waals surface area (Å²) < 4.78 is 5.37. The molecule has 1 N–H and O–H groups in total. The summed E-state index contributed by atoms with van der Waals surface area (Å²) in [5, 5.41) is 14.3. The fourth-order valence-electron chi connectivity index (χ4n) is 2.97.